The molecule has 4 aromatic rings. The third-order valence-corrected chi connectivity index (χ3v) is 5.25. The van der Waals surface area contributed by atoms with E-state index in [-0.39, 0.29) is 5.55 Å². The Bertz CT molecular complexity index is 1170. The number of nitrogens with zero attached hydrogens (tertiary/aromatic N) is 4. The van der Waals surface area contributed by atoms with Crippen molar-refractivity contribution < 1.29 is 4.42 Å². The molecule has 0 saturated heterocycles. The highest BCUT2D eigenvalue weighted by Gasteiger charge is 2.20. The molecule has 0 bridgehead atoms. The second-order valence-electron chi connectivity index (χ2n) is 7.17. The second-order valence-corrected chi connectivity index (χ2v) is 7.17. The van der Waals surface area contributed by atoms with Crippen molar-refractivity contribution in [2.75, 3.05) is 0 Å². The van der Waals surface area contributed by atoms with Crippen LogP contribution in [0.3, 0.4) is 0 Å². The van der Waals surface area contributed by atoms with Crippen molar-refractivity contribution in [1.82, 2.24) is 19.5 Å². The van der Waals surface area contributed by atoms with Gasteiger partial charge in [0, 0.05) is 13.5 Å². The zero-order valence-electron chi connectivity index (χ0n) is 16.1. The van der Waals surface area contributed by atoms with Crippen LogP contribution in [0.15, 0.2) is 28.7 Å². The Labute approximate surface area is 157 Å². The maximum atomic E-state index is 8.36. The summed E-state index contributed by atoms with van der Waals surface area (Å²) in [6.45, 7) is 7.08. The van der Waals surface area contributed by atoms with E-state index in [9.17, 15) is 0 Å². The largest absolute Gasteiger partial charge is 0.425 e. The molecule has 0 spiro atoms. The van der Waals surface area contributed by atoms with Crippen molar-refractivity contribution in [3.05, 3.63) is 35.7 Å². The number of hydrogen-bond donors (Lipinski definition) is 1. The van der Waals surface area contributed by atoms with Crippen LogP contribution in [0.25, 0.3) is 33.2 Å². The molecule has 0 aliphatic heterocycles. The van der Waals surface area contributed by atoms with E-state index in [1.54, 1.807) is 6.92 Å². The van der Waals surface area contributed by atoms with E-state index in [1.807, 2.05) is 24.3 Å². The Balaban J connectivity index is 2.01. The predicted octanol–water partition coefficient (Wildman–Crippen LogP) is 4.73. The zero-order chi connectivity index (χ0) is 19.0. The maximum Gasteiger partial charge on any atom is 0.227 e. The van der Waals surface area contributed by atoms with E-state index < -0.39 is 0 Å². The van der Waals surface area contributed by atoms with Crippen LogP contribution in [0.1, 0.15) is 45.4 Å². The van der Waals surface area contributed by atoms with Crippen molar-refractivity contribution in [1.29, 1.82) is 5.41 Å². The molecule has 3 heterocycles. The van der Waals surface area contributed by atoms with Gasteiger partial charge in [0.15, 0.2) is 17.2 Å². The quantitative estimate of drug-likeness (QED) is 0.537. The molecule has 0 aliphatic carbocycles. The molecule has 6 nitrogen and oxygen atoms in total. The van der Waals surface area contributed by atoms with Crippen LogP contribution in [-0.4, -0.2) is 19.5 Å². The van der Waals surface area contributed by atoms with Crippen molar-refractivity contribution in [3.8, 4) is 0 Å². The summed E-state index contributed by atoms with van der Waals surface area (Å²) in [4.78, 5) is 14.3. The molecule has 1 N–H and O–H groups in total. The van der Waals surface area contributed by atoms with Gasteiger partial charge in [-0.05, 0) is 24.5 Å². The Hall–Kier alpha value is -2.76. The van der Waals surface area contributed by atoms with E-state index in [0.29, 0.717) is 22.7 Å². The number of para-hydroxylation sites is 2. The first kappa shape index (κ1) is 17.6. The van der Waals surface area contributed by atoms with Crippen molar-refractivity contribution in [2.45, 2.75) is 53.0 Å². The smallest absolute Gasteiger partial charge is 0.227 e. The molecule has 140 valence electrons. The zero-order valence-corrected chi connectivity index (χ0v) is 16.1. The van der Waals surface area contributed by atoms with Crippen LogP contribution in [0.2, 0.25) is 0 Å². The summed E-state index contributed by atoms with van der Waals surface area (Å²) in [5.41, 5.74) is 4.03. The number of hydrogen-bond acceptors (Lipinski definition) is 5. The van der Waals surface area contributed by atoms with Gasteiger partial charge in [-0.3, -0.25) is 5.41 Å². The molecule has 0 unspecified atom stereocenters. The van der Waals surface area contributed by atoms with Gasteiger partial charge in [-0.15, -0.1) is 0 Å². The van der Waals surface area contributed by atoms with Gasteiger partial charge < -0.3 is 8.98 Å². The van der Waals surface area contributed by atoms with E-state index in [2.05, 4.69) is 23.4 Å². The first-order chi connectivity index (χ1) is 13.1. The summed E-state index contributed by atoms with van der Waals surface area (Å²) in [5, 5.41) is 9.01. The fraction of sp³-hybridized carbons (Fsp3) is 0.429. The first-order valence-electron chi connectivity index (χ1n) is 9.73. The number of fused-ring (bicyclic) bond motifs is 4. The van der Waals surface area contributed by atoms with E-state index in [0.717, 1.165) is 35.3 Å². The molecule has 0 amide bonds. The summed E-state index contributed by atoms with van der Waals surface area (Å²) in [6.07, 6.45) is 4.70. The topological polar surface area (TPSA) is 80.6 Å². The van der Waals surface area contributed by atoms with E-state index in [4.69, 9.17) is 19.8 Å². The fourth-order valence-electron chi connectivity index (χ4n) is 3.73. The molecule has 0 radical (unpaired) electrons. The van der Waals surface area contributed by atoms with Gasteiger partial charge in [0.05, 0.1) is 11.0 Å². The molecule has 4 rings (SSSR count). The Kier molecular flexibility index (Phi) is 4.64. The van der Waals surface area contributed by atoms with Crippen molar-refractivity contribution >= 4 is 33.2 Å². The number of rotatable bonds is 6. The monoisotopic (exact) mass is 363 g/mol. The first-order valence-corrected chi connectivity index (χ1v) is 9.73. The number of aromatic nitrogens is 4. The number of nitrogens with one attached hydrogen (secondary N) is 1. The average Bonchev–Trinajstić information content (AvgIpc) is 2.95. The van der Waals surface area contributed by atoms with Crippen LogP contribution in [0, 0.1) is 18.3 Å². The lowest BCUT2D eigenvalue weighted by Crippen LogP contribution is -2.12. The van der Waals surface area contributed by atoms with Gasteiger partial charge >= 0.3 is 0 Å². The summed E-state index contributed by atoms with van der Waals surface area (Å²) < 4.78 is 7.64. The van der Waals surface area contributed by atoms with Gasteiger partial charge in [-0.1, -0.05) is 45.2 Å². The molecule has 1 aromatic carbocycles. The molecule has 1 atom stereocenters. The molecule has 0 saturated carbocycles. The number of aryl methyl sites for hydroxylation is 1. The van der Waals surface area contributed by atoms with Crippen LogP contribution < -0.4 is 5.55 Å². The SMILES string of the molecule is CCCC[C@H](CC)Cn1c2nc3ccccc3nc2c2c(=N)oc(C)nc21. The summed E-state index contributed by atoms with van der Waals surface area (Å²) >= 11 is 0. The molecule has 6 heteroatoms. The highest BCUT2D eigenvalue weighted by Crippen LogP contribution is 2.27. The van der Waals surface area contributed by atoms with Gasteiger partial charge in [-0.2, -0.15) is 4.98 Å². The molecule has 0 fully saturated rings. The molecule has 3 aromatic heterocycles. The predicted molar refractivity (Wildman–Crippen MR) is 106 cm³/mol. The average molecular weight is 363 g/mol. The second kappa shape index (κ2) is 7.10. The van der Waals surface area contributed by atoms with Crippen LogP contribution in [0.4, 0.5) is 0 Å². The van der Waals surface area contributed by atoms with Crippen molar-refractivity contribution in [3.63, 3.8) is 0 Å². The lowest BCUT2D eigenvalue weighted by molar-refractivity contribution is 0.397. The molecular weight excluding hydrogens is 338 g/mol. The van der Waals surface area contributed by atoms with Gasteiger partial charge in [0.25, 0.3) is 0 Å². The minimum absolute atomic E-state index is 0.104. The van der Waals surface area contributed by atoms with Crippen LogP contribution >= 0.6 is 0 Å². The number of unbranched alkanes of at least 4 members (excludes halogenated alkanes) is 1. The molecule has 0 aliphatic rings. The molecule has 27 heavy (non-hydrogen) atoms. The Morgan fingerprint density at radius 3 is 2.52 bits per heavy atom. The minimum Gasteiger partial charge on any atom is -0.425 e. The van der Waals surface area contributed by atoms with Gasteiger partial charge in [0.2, 0.25) is 5.55 Å². The van der Waals surface area contributed by atoms with Gasteiger partial charge in [-0.25, -0.2) is 9.97 Å². The Morgan fingerprint density at radius 1 is 1.07 bits per heavy atom. The fourth-order valence-corrected chi connectivity index (χ4v) is 3.73. The van der Waals surface area contributed by atoms with E-state index in [1.165, 1.54) is 19.3 Å². The Morgan fingerprint density at radius 2 is 1.81 bits per heavy atom. The third kappa shape index (κ3) is 3.09. The summed E-state index contributed by atoms with van der Waals surface area (Å²) in [6, 6.07) is 7.85. The van der Waals surface area contributed by atoms with E-state index >= 15 is 0 Å². The molecular formula is C21H25N5O. The van der Waals surface area contributed by atoms with Crippen LogP contribution in [0.5, 0.6) is 0 Å². The summed E-state index contributed by atoms with van der Waals surface area (Å²) in [5.74, 6) is 1.04. The standard InChI is InChI=1S/C21H25N5O/c1-4-6-9-14(5-2)12-26-20-17(19(22)27-13(3)23-20)18-21(26)25-16-11-8-7-10-15(16)24-18/h7-8,10-11,14,22H,4-6,9,12H2,1-3H3/t14-/m0/s1. The third-order valence-electron chi connectivity index (χ3n) is 5.25. The van der Waals surface area contributed by atoms with Gasteiger partial charge in [0.1, 0.15) is 10.9 Å². The van der Waals surface area contributed by atoms with Crippen LogP contribution in [-0.2, 0) is 6.54 Å². The highest BCUT2D eigenvalue weighted by molar-refractivity contribution is 6.04. The lowest BCUT2D eigenvalue weighted by atomic mass is 9.99. The highest BCUT2D eigenvalue weighted by atomic mass is 16.3. The maximum absolute atomic E-state index is 8.36. The normalized spacial score (nSPS) is 13.0. The minimum atomic E-state index is 0.104. The van der Waals surface area contributed by atoms with Crippen molar-refractivity contribution in [2.24, 2.45) is 5.92 Å². The summed E-state index contributed by atoms with van der Waals surface area (Å²) in [7, 11) is 0. The number of benzene rings is 1. The lowest BCUT2D eigenvalue weighted by Gasteiger charge is -2.16.